The van der Waals surface area contributed by atoms with E-state index < -0.39 is 47.9 Å². The Labute approximate surface area is 150 Å². The maximum Gasteiger partial charge on any atom is 0.328 e. The molecule has 0 saturated carbocycles. The first-order chi connectivity index (χ1) is 11.6. The minimum absolute atomic E-state index is 0.252. The monoisotopic (exact) mass is 378 g/mol. The van der Waals surface area contributed by atoms with Gasteiger partial charge in [-0.05, 0) is 32.3 Å². The Morgan fingerprint density at radius 1 is 1.08 bits per heavy atom. The van der Waals surface area contributed by atoms with Gasteiger partial charge in [0.15, 0.2) is 6.04 Å². The van der Waals surface area contributed by atoms with Crippen molar-refractivity contribution in [3.8, 4) is 0 Å². The minimum atomic E-state index is -1.49. The average molecular weight is 378 g/mol. The van der Waals surface area contributed by atoms with Crippen molar-refractivity contribution in [1.82, 2.24) is 16.0 Å². The third-order valence-electron chi connectivity index (χ3n) is 3.25. The first-order valence-electron chi connectivity index (χ1n) is 7.64. The first-order valence-corrected chi connectivity index (χ1v) is 9.03. The Hall–Kier alpha value is -1.85. The molecule has 25 heavy (non-hydrogen) atoms. The van der Waals surface area contributed by atoms with Crippen molar-refractivity contribution < 1.29 is 29.4 Å². The molecule has 0 aliphatic heterocycles. The number of nitrogens with one attached hydrogen (secondary N) is 3. The van der Waals surface area contributed by atoms with E-state index in [2.05, 4.69) is 16.0 Å². The molecule has 0 aromatic carbocycles. The Bertz CT molecular complexity index is 488. The van der Waals surface area contributed by atoms with Gasteiger partial charge in [-0.2, -0.15) is 11.8 Å². The molecule has 144 valence electrons. The normalized spacial score (nSPS) is 15.4. The van der Waals surface area contributed by atoms with Crippen molar-refractivity contribution in [3.05, 3.63) is 0 Å². The maximum atomic E-state index is 12.3. The Balaban J connectivity index is 4.98. The quantitative estimate of drug-likeness (QED) is 0.232. The highest BCUT2D eigenvalue weighted by Gasteiger charge is 2.30. The number of rotatable bonds is 11. The van der Waals surface area contributed by atoms with Crippen LogP contribution in [0.25, 0.3) is 0 Å². The van der Waals surface area contributed by atoms with Crippen molar-refractivity contribution >= 4 is 35.5 Å². The molecule has 0 aliphatic carbocycles. The maximum absolute atomic E-state index is 12.3. The second-order valence-corrected chi connectivity index (χ2v) is 6.39. The summed E-state index contributed by atoms with van der Waals surface area (Å²) in [4.78, 5) is 46.7. The summed E-state index contributed by atoms with van der Waals surface area (Å²) in [6.07, 6.45) is 0.764. The van der Waals surface area contributed by atoms with E-state index in [4.69, 9.17) is 10.8 Å². The molecule has 0 rings (SSSR count). The van der Waals surface area contributed by atoms with E-state index in [0.29, 0.717) is 5.75 Å². The topological polar surface area (TPSA) is 171 Å². The fourth-order valence-corrected chi connectivity index (χ4v) is 2.28. The summed E-state index contributed by atoms with van der Waals surface area (Å²) in [5, 5.41) is 25.5. The lowest BCUT2D eigenvalue weighted by atomic mass is 10.1. The number of thioether (sulfide) groups is 1. The Kier molecular flexibility index (Phi) is 10.8. The number of aliphatic hydroxyl groups is 1. The summed E-state index contributed by atoms with van der Waals surface area (Å²) in [5.41, 5.74) is 5.16. The number of nitrogens with two attached hydrogens (primary N) is 1. The van der Waals surface area contributed by atoms with Gasteiger partial charge in [-0.25, -0.2) is 4.79 Å². The molecule has 0 aromatic rings. The van der Waals surface area contributed by atoms with Crippen LogP contribution in [0.5, 0.6) is 0 Å². The van der Waals surface area contributed by atoms with Gasteiger partial charge in [0.05, 0.1) is 12.6 Å². The number of carboxylic acid groups (broad SMARTS) is 1. The SMILES string of the molecule is CSCCC(NC(=O)C(C)NC(=O)CN)C(=O)NC(C(=O)O)C(C)O. The van der Waals surface area contributed by atoms with E-state index >= 15 is 0 Å². The molecule has 0 aromatic heterocycles. The molecule has 0 aliphatic rings. The summed E-state index contributed by atoms with van der Waals surface area (Å²) in [6, 6.07) is -3.40. The molecule has 0 saturated heterocycles. The highest BCUT2D eigenvalue weighted by atomic mass is 32.2. The third-order valence-corrected chi connectivity index (χ3v) is 3.89. The predicted octanol–water partition coefficient (Wildman–Crippen LogP) is -2.36. The van der Waals surface area contributed by atoms with Gasteiger partial charge < -0.3 is 31.9 Å². The number of amides is 3. The molecule has 0 radical (unpaired) electrons. The van der Waals surface area contributed by atoms with Gasteiger partial charge in [0.1, 0.15) is 12.1 Å². The van der Waals surface area contributed by atoms with Crippen LogP contribution in [-0.2, 0) is 19.2 Å². The Morgan fingerprint density at radius 3 is 2.12 bits per heavy atom. The molecule has 3 amide bonds. The number of carbonyl (C=O) groups is 4. The largest absolute Gasteiger partial charge is 0.480 e. The van der Waals surface area contributed by atoms with Crippen molar-refractivity contribution in [2.45, 2.75) is 44.5 Å². The van der Waals surface area contributed by atoms with Gasteiger partial charge in [-0.15, -0.1) is 0 Å². The van der Waals surface area contributed by atoms with Gasteiger partial charge in [0.25, 0.3) is 0 Å². The van der Waals surface area contributed by atoms with Gasteiger partial charge in [-0.3, -0.25) is 14.4 Å². The van der Waals surface area contributed by atoms with Crippen LogP contribution in [0.3, 0.4) is 0 Å². The van der Waals surface area contributed by atoms with Crippen LogP contribution < -0.4 is 21.7 Å². The van der Waals surface area contributed by atoms with E-state index in [1.54, 1.807) is 0 Å². The van der Waals surface area contributed by atoms with E-state index in [1.807, 2.05) is 6.26 Å². The van der Waals surface area contributed by atoms with Gasteiger partial charge in [0, 0.05) is 0 Å². The summed E-state index contributed by atoms with van der Waals surface area (Å²) in [6.45, 7) is 2.39. The minimum Gasteiger partial charge on any atom is -0.480 e. The molecular formula is C14H26N4O6S. The molecule has 7 N–H and O–H groups in total. The molecule has 0 fully saturated rings. The van der Waals surface area contributed by atoms with E-state index in [1.165, 1.54) is 25.6 Å². The number of carbonyl (C=O) groups excluding carboxylic acids is 3. The molecule has 0 spiro atoms. The lowest BCUT2D eigenvalue weighted by molar-refractivity contribution is -0.145. The molecule has 4 unspecified atom stereocenters. The molecule has 10 nitrogen and oxygen atoms in total. The van der Waals surface area contributed by atoms with Crippen LogP contribution in [-0.4, -0.2) is 76.7 Å². The van der Waals surface area contributed by atoms with Crippen LogP contribution >= 0.6 is 11.8 Å². The number of hydrogen-bond acceptors (Lipinski definition) is 7. The molecular weight excluding hydrogens is 352 g/mol. The van der Waals surface area contributed by atoms with E-state index in [0.717, 1.165) is 0 Å². The van der Waals surface area contributed by atoms with E-state index in [-0.39, 0.29) is 13.0 Å². The zero-order chi connectivity index (χ0) is 19.6. The summed E-state index contributed by atoms with van der Waals surface area (Å²) < 4.78 is 0. The van der Waals surface area contributed by atoms with E-state index in [9.17, 15) is 24.3 Å². The van der Waals surface area contributed by atoms with Crippen LogP contribution in [0, 0.1) is 0 Å². The van der Waals surface area contributed by atoms with Crippen molar-refractivity contribution in [2.24, 2.45) is 5.73 Å². The average Bonchev–Trinajstić information content (AvgIpc) is 2.54. The van der Waals surface area contributed by atoms with Crippen molar-refractivity contribution in [1.29, 1.82) is 0 Å². The van der Waals surface area contributed by atoms with Crippen LogP contribution in [0.4, 0.5) is 0 Å². The van der Waals surface area contributed by atoms with Gasteiger partial charge in [0.2, 0.25) is 17.7 Å². The lowest BCUT2D eigenvalue weighted by Gasteiger charge is -2.24. The number of aliphatic carboxylic acids is 1. The fraction of sp³-hybridized carbons (Fsp3) is 0.714. The number of hydrogen-bond donors (Lipinski definition) is 6. The molecule has 4 atom stereocenters. The number of aliphatic hydroxyl groups excluding tert-OH is 1. The first kappa shape index (κ1) is 23.1. The molecule has 0 heterocycles. The van der Waals surface area contributed by atoms with Crippen LogP contribution in [0.1, 0.15) is 20.3 Å². The fourth-order valence-electron chi connectivity index (χ4n) is 1.81. The second kappa shape index (κ2) is 11.7. The van der Waals surface area contributed by atoms with Gasteiger partial charge in [-0.1, -0.05) is 0 Å². The zero-order valence-electron chi connectivity index (χ0n) is 14.4. The highest BCUT2D eigenvalue weighted by molar-refractivity contribution is 7.98. The van der Waals surface area contributed by atoms with Crippen LogP contribution in [0.15, 0.2) is 0 Å². The summed E-state index contributed by atoms with van der Waals surface area (Å²) in [7, 11) is 0. The summed E-state index contributed by atoms with van der Waals surface area (Å²) >= 11 is 1.45. The standard InChI is InChI=1S/C14H26N4O6S/c1-7(16-10(20)6-15)12(21)17-9(4-5-25-3)13(22)18-11(8(2)19)14(23)24/h7-9,11,19H,4-6,15H2,1-3H3,(H,16,20)(H,17,21)(H,18,22)(H,23,24). The zero-order valence-corrected chi connectivity index (χ0v) is 15.3. The summed E-state index contributed by atoms with van der Waals surface area (Å²) in [5.74, 6) is -2.70. The smallest absolute Gasteiger partial charge is 0.328 e. The Morgan fingerprint density at radius 2 is 1.68 bits per heavy atom. The lowest BCUT2D eigenvalue weighted by Crippen LogP contribution is -2.57. The third kappa shape index (κ3) is 8.70. The van der Waals surface area contributed by atoms with Crippen molar-refractivity contribution in [2.75, 3.05) is 18.6 Å². The molecule has 0 bridgehead atoms. The van der Waals surface area contributed by atoms with Gasteiger partial charge >= 0.3 is 5.97 Å². The van der Waals surface area contributed by atoms with Crippen molar-refractivity contribution in [3.63, 3.8) is 0 Å². The van der Waals surface area contributed by atoms with Crippen LogP contribution in [0.2, 0.25) is 0 Å². The second-order valence-electron chi connectivity index (χ2n) is 5.40. The highest BCUT2D eigenvalue weighted by Crippen LogP contribution is 2.03. The number of carboxylic acids is 1. The molecule has 11 heteroatoms. The predicted molar refractivity (Wildman–Crippen MR) is 92.8 cm³/mol.